The number of aromatic amines is 1. The summed E-state index contributed by atoms with van der Waals surface area (Å²) >= 11 is 0. The van der Waals surface area contributed by atoms with Crippen LogP contribution in [0.4, 0.5) is 5.69 Å². The average molecular weight is 406 g/mol. The molecule has 0 spiro atoms. The molecule has 1 unspecified atom stereocenters. The first kappa shape index (κ1) is 20.9. The highest BCUT2D eigenvalue weighted by Crippen LogP contribution is 2.19. The van der Waals surface area contributed by atoms with Gasteiger partial charge in [-0.3, -0.25) is 4.79 Å². The highest BCUT2D eigenvalue weighted by atomic mass is 16.5. The minimum Gasteiger partial charge on any atom is -0.505 e. The number of para-hydroxylation sites is 2. The third-order valence-electron chi connectivity index (χ3n) is 4.94. The molecule has 154 valence electrons. The van der Waals surface area contributed by atoms with Gasteiger partial charge in [-0.25, -0.2) is 4.98 Å². The second kappa shape index (κ2) is 9.11. The van der Waals surface area contributed by atoms with Crippen molar-refractivity contribution in [2.45, 2.75) is 13.0 Å². The Morgan fingerprint density at radius 3 is 2.80 bits per heavy atom. The molecule has 0 aliphatic heterocycles. The number of carbonyl (C=O) groups is 1. The Morgan fingerprint density at radius 2 is 2.10 bits per heavy atom. The van der Waals surface area contributed by atoms with Gasteiger partial charge in [0.1, 0.15) is 23.4 Å². The monoisotopic (exact) mass is 406 g/mol. The van der Waals surface area contributed by atoms with Crippen molar-refractivity contribution in [3.05, 3.63) is 60.1 Å². The van der Waals surface area contributed by atoms with Crippen LogP contribution in [0.1, 0.15) is 12.7 Å². The maximum absolute atomic E-state index is 12.4. The lowest BCUT2D eigenvalue weighted by Gasteiger charge is -2.21. The Morgan fingerprint density at radius 1 is 1.33 bits per heavy atom. The van der Waals surface area contributed by atoms with Crippen molar-refractivity contribution in [1.82, 2.24) is 9.97 Å². The number of ether oxygens (including phenoxy) is 1. The molecule has 0 aliphatic carbocycles. The maximum atomic E-state index is 12.4. The van der Waals surface area contributed by atoms with Gasteiger partial charge in [0, 0.05) is 11.8 Å². The molecule has 3 rings (SSSR count). The van der Waals surface area contributed by atoms with Crippen LogP contribution in [-0.2, 0) is 4.79 Å². The first-order chi connectivity index (χ1) is 14.4. The Kier molecular flexibility index (Phi) is 6.35. The predicted octanol–water partition coefficient (Wildman–Crippen LogP) is 1.91. The zero-order valence-corrected chi connectivity index (χ0v) is 17.1. The highest BCUT2D eigenvalue weighted by Gasteiger charge is 2.25. The van der Waals surface area contributed by atoms with Gasteiger partial charge >= 0.3 is 0 Å². The maximum Gasteiger partial charge on any atom is 0.279 e. The number of aliphatic hydroxyl groups excluding tert-OH is 1. The number of nitrogens with zero attached hydrogens (tertiary/aromatic N) is 2. The minimum absolute atomic E-state index is 0.0613. The summed E-state index contributed by atoms with van der Waals surface area (Å²) < 4.78 is 5.15. The minimum atomic E-state index is -0.496. The largest absolute Gasteiger partial charge is 0.505 e. The number of allylic oxidation sites excluding steroid dienone is 1. The summed E-state index contributed by atoms with van der Waals surface area (Å²) in [4.78, 5) is 20.6. The molecule has 3 aromatic rings. The van der Waals surface area contributed by atoms with E-state index in [1.54, 1.807) is 45.3 Å². The van der Waals surface area contributed by atoms with E-state index in [1.165, 1.54) is 0 Å². The van der Waals surface area contributed by atoms with Crippen LogP contribution in [0.15, 0.2) is 54.3 Å². The Balaban J connectivity index is 1.73. The van der Waals surface area contributed by atoms with Gasteiger partial charge in [-0.2, -0.15) is 5.26 Å². The number of hydrogen-bond donors (Lipinski definition) is 4. The van der Waals surface area contributed by atoms with Crippen LogP contribution in [0.3, 0.4) is 0 Å². The summed E-state index contributed by atoms with van der Waals surface area (Å²) in [6, 6.07) is 16.0. The van der Waals surface area contributed by atoms with Crippen LogP contribution in [0.25, 0.3) is 16.6 Å². The van der Waals surface area contributed by atoms with Gasteiger partial charge in [0.2, 0.25) is 0 Å². The van der Waals surface area contributed by atoms with Crippen LogP contribution in [0.2, 0.25) is 0 Å². The van der Waals surface area contributed by atoms with Crippen LogP contribution < -0.4 is 15.0 Å². The van der Waals surface area contributed by atoms with E-state index >= 15 is 0 Å². The number of rotatable bonds is 7. The van der Waals surface area contributed by atoms with Crippen molar-refractivity contribution in [3.8, 4) is 11.8 Å². The Bertz CT molecular complexity index is 1100. The zero-order valence-electron chi connectivity index (χ0n) is 17.1. The lowest BCUT2D eigenvalue weighted by Crippen LogP contribution is -3.13. The number of benzene rings is 2. The van der Waals surface area contributed by atoms with Crippen molar-refractivity contribution in [3.63, 3.8) is 0 Å². The number of carbonyl (C=O) groups excluding carboxylic acids is 1. The van der Waals surface area contributed by atoms with Crippen LogP contribution in [0, 0.1) is 11.3 Å². The summed E-state index contributed by atoms with van der Waals surface area (Å²) in [5, 5.41) is 23.1. The number of amides is 1. The molecule has 1 amide bonds. The summed E-state index contributed by atoms with van der Waals surface area (Å²) in [7, 11) is 3.34. The van der Waals surface area contributed by atoms with Crippen molar-refractivity contribution >= 4 is 28.2 Å². The number of methoxy groups -OCH3 is 1. The van der Waals surface area contributed by atoms with Crippen molar-refractivity contribution < 1.29 is 19.5 Å². The lowest BCUT2D eigenvalue weighted by atomic mass is 10.1. The molecule has 4 N–H and O–H groups in total. The van der Waals surface area contributed by atoms with Gasteiger partial charge < -0.3 is 25.0 Å². The van der Waals surface area contributed by atoms with Crippen molar-refractivity contribution in [1.29, 1.82) is 5.26 Å². The number of aliphatic hydroxyl groups is 1. The number of nitriles is 1. The quantitative estimate of drug-likeness (QED) is 0.353. The molecule has 0 fully saturated rings. The number of fused-ring (bicyclic) bond motifs is 1. The van der Waals surface area contributed by atoms with Crippen molar-refractivity contribution in [2.24, 2.45) is 0 Å². The first-order valence-corrected chi connectivity index (χ1v) is 9.47. The topological polar surface area (TPSA) is 115 Å². The van der Waals surface area contributed by atoms with Gasteiger partial charge in [-0.15, -0.1) is 0 Å². The molecule has 1 aromatic heterocycles. The van der Waals surface area contributed by atoms with E-state index in [9.17, 15) is 15.2 Å². The fraction of sp³-hybridized carbons (Fsp3) is 0.227. The van der Waals surface area contributed by atoms with E-state index in [1.807, 2.05) is 30.3 Å². The van der Waals surface area contributed by atoms with Crippen molar-refractivity contribution in [2.75, 3.05) is 26.0 Å². The summed E-state index contributed by atoms with van der Waals surface area (Å²) in [6.07, 6.45) is 0. The van der Waals surface area contributed by atoms with E-state index in [2.05, 4.69) is 15.3 Å². The molecule has 1 heterocycles. The third-order valence-corrected chi connectivity index (χ3v) is 4.94. The van der Waals surface area contributed by atoms with E-state index < -0.39 is 6.04 Å². The SMILES string of the molecule is COc1cccc(NC(=O)C[NH+](C)[C@@H](C)/C(O)=C(\C#N)c2nc3ccccc3[nH]2)c1. The summed E-state index contributed by atoms with van der Waals surface area (Å²) in [6.45, 7) is 1.85. The molecular formula is C22H24N5O3+. The number of hydrogen-bond acceptors (Lipinski definition) is 5. The van der Waals surface area contributed by atoms with Crippen LogP contribution in [-0.4, -0.2) is 47.7 Å². The zero-order chi connectivity index (χ0) is 21.7. The third kappa shape index (κ3) is 4.59. The molecule has 2 atom stereocenters. The molecule has 0 saturated heterocycles. The molecule has 2 aromatic carbocycles. The molecule has 8 nitrogen and oxygen atoms in total. The molecule has 0 saturated carbocycles. The molecule has 0 bridgehead atoms. The van der Waals surface area contributed by atoms with Crippen LogP contribution >= 0.6 is 0 Å². The number of imidazole rings is 1. The predicted molar refractivity (Wildman–Crippen MR) is 114 cm³/mol. The van der Waals surface area contributed by atoms with Gasteiger partial charge in [0.25, 0.3) is 5.91 Å². The van der Waals surface area contributed by atoms with Gasteiger partial charge in [-0.05, 0) is 31.2 Å². The fourth-order valence-corrected chi connectivity index (χ4v) is 3.06. The van der Waals surface area contributed by atoms with Gasteiger partial charge in [-0.1, -0.05) is 18.2 Å². The van der Waals surface area contributed by atoms with Gasteiger partial charge in [0.15, 0.2) is 18.1 Å². The normalized spacial score (nSPS) is 13.8. The van der Waals surface area contributed by atoms with Gasteiger partial charge in [0.05, 0.1) is 25.2 Å². The second-order valence-electron chi connectivity index (χ2n) is 7.00. The number of quaternary nitrogens is 1. The molecule has 0 aliphatic rings. The smallest absolute Gasteiger partial charge is 0.279 e. The summed E-state index contributed by atoms with van der Waals surface area (Å²) in [5.74, 6) is 0.606. The molecular weight excluding hydrogens is 382 g/mol. The number of likely N-dealkylation sites (N-methyl/N-ethyl adjacent to an activating group) is 1. The number of anilines is 1. The average Bonchev–Trinajstić information content (AvgIpc) is 3.17. The fourth-order valence-electron chi connectivity index (χ4n) is 3.06. The molecule has 0 radical (unpaired) electrons. The van der Waals surface area contributed by atoms with E-state index in [4.69, 9.17) is 4.74 Å². The standard InChI is InChI=1S/C22H23N5O3/c1-14(27(2)13-20(28)24-15-7-6-8-16(11-15)30-3)21(29)17(12-23)22-25-18-9-4-5-10-19(18)26-22/h4-11,14,29H,13H2,1-3H3,(H,24,28)(H,25,26)/p+1/b21-17-/t14-/m0/s1. The Labute approximate surface area is 174 Å². The highest BCUT2D eigenvalue weighted by molar-refractivity contribution is 5.91. The second-order valence-corrected chi connectivity index (χ2v) is 7.00. The van der Waals surface area contributed by atoms with Crippen LogP contribution in [0.5, 0.6) is 5.75 Å². The Hall–Kier alpha value is -3.83. The van der Waals surface area contributed by atoms with E-state index in [0.717, 1.165) is 10.4 Å². The first-order valence-electron chi connectivity index (χ1n) is 9.47. The molecule has 30 heavy (non-hydrogen) atoms. The number of H-pyrrole nitrogens is 1. The summed E-state index contributed by atoms with van der Waals surface area (Å²) in [5.41, 5.74) is 2.17. The van der Waals surface area contributed by atoms with E-state index in [-0.39, 0.29) is 23.8 Å². The lowest BCUT2D eigenvalue weighted by molar-refractivity contribution is -0.891. The molecule has 8 heteroatoms. The number of aromatic nitrogens is 2. The number of nitrogens with one attached hydrogen (secondary N) is 3. The van der Waals surface area contributed by atoms with E-state index in [0.29, 0.717) is 22.8 Å².